The zero-order chi connectivity index (χ0) is 15.0. The summed E-state index contributed by atoms with van der Waals surface area (Å²) in [4.78, 5) is 40.5. The summed E-state index contributed by atoms with van der Waals surface area (Å²) in [6.07, 6.45) is 2.87. The summed E-state index contributed by atoms with van der Waals surface area (Å²) in [6.45, 7) is 1.09. The van der Waals surface area contributed by atoms with Crippen LogP contribution in [0.3, 0.4) is 0 Å². The van der Waals surface area contributed by atoms with Gasteiger partial charge in [0.15, 0.2) is 0 Å². The molecular weight excluding hydrogens is 274 g/mol. The predicted octanol–water partition coefficient (Wildman–Crippen LogP) is 0.130. The number of rotatable bonds is 2. The van der Waals surface area contributed by atoms with E-state index in [1.54, 1.807) is 4.90 Å². The largest absolute Gasteiger partial charge is 0.477 e. The Morgan fingerprint density at radius 3 is 2.86 bits per heavy atom. The van der Waals surface area contributed by atoms with Gasteiger partial charge in [-0.05, 0) is 25.0 Å². The van der Waals surface area contributed by atoms with Crippen molar-refractivity contribution in [1.82, 2.24) is 15.2 Å². The topological polar surface area (TPSA) is 99.6 Å². The second kappa shape index (κ2) is 5.16. The van der Waals surface area contributed by atoms with Gasteiger partial charge in [0.1, 0.15) is 5.69 Å². The zero-order valence-corrected chi connectivity index (χ0v) is 11.3. The first-order chi connectivity index (χ1) is 10.1. The average molecular weight is 289 g/mol. The standard InChI is InChI=1S/C14H15N3O4/c18-12-9-2-1-5-17(11(9)7-16-12)13(19)8-3-4-10(14(20)21)15-6-8/h3-4,6,9,11H,1-2,5,7H2,(H,16,18)(H,20,21). The van der Waals surface area contributed by atoms with Gasteiger partial charge in [0.25, 0.3) is 5.91 Å². The first kappa shape index (κ1) is 13.5. The number of hydrogen-bond donors (Lipinski definition) is 2. The van der Waals surface area contributed by atoms with E-state index in [-0.39, 0.29) is 29.5 Å². The van der Waals surface area contributed by atoms with Crippen molar-refractivity contribution in [3.05, 3.63) is 29.6 Å². The van der Waals surface area contributed by atoms with E-state index in [2.05, 4.69) is 10.3 Å². The molecule has 2 unspecified atom stereocenters. The highest BCUT2D eigenvalue weighted by Gasteiger charge is 2.42. The average Bonchev–Trinajstić information content (AvgIpc) is 2.88. The van der Waals surface area contributed by atoms with Crippen LogP contribution in [0.5, 0.6) is 0 Å². The fraction of sp³-hybridized carbons (Fsp3) is 0.429. The molecule has 7 nitrogen and oxygen atoms in total. The van der Waals surface area contributed by atoms with Crippen molar-refractivity contribution in [2.24, 2.45) is 5.92 Å². The Morgan fingerprint density at radius 1 is 1.38 bits per heavy atom. The summed E-state index contributed by atoms with van der Waals surface area (Å²) in [5, 5.41) is 11.6. The lowest BCUT2D eigenvalue weighted by atomic mass is 9.91. The van der Waals surface area contributed by atoms with E-state index in [1.165, 1.54) is 18.3 Å². The lowest BCUT2D eigenvalue weighted by molar-refractivity contribution is -0.123. The van der Waals surface area contributed by atoms with Crippen LogP contribution in [-0.2, 0) is 4.79 Å². The maximum absolute atomic E-state index is 12.5. The van der Waals surface area contributed by atoms with Crippen molar-refractivity contribution < 1.29 is 19.5 Å². The molecule has 110 valence electrons. The highest BCUT2D eigenvalue weighted by atomic mass is 16.4. The second-order valence-electron chi connectivity index (χ2n) is 5.30. The van der Waals surface area contributed by atoms with Crippen LogP contribution in [0.15, 0.2) is 18.3 Å². The number of carbonyl (C=O) groups excluding carboxylic acids is 2. The molecule has 0 radical (unpaired) electrons. The number of nitrogens with zero attached hydrogens (tertiary/aromatic N) is 2. The van der Waals surface area contributed by atoms with Crippen LogP contribution < -0.4 is 5.32 Å². The first-order valence-electron chi connectivity index (χ1n) is 6.86. The molecule has 2 aliphatic rings. The molecule has 2 fully saturated rings. The summed E-state index contributed by atoms with van der Waals surface area (Å²) in [7, 11) is 0. The number of amides is 2. The normalized spacial score (nSPS) is 24.4. The molecule has 2 N–H and O–H groups in total. The third-order valence-corrected chi connectivity index (χ3v) is 4.09. The number of pyridine rings is 1. The minimum Gasteiger partial charge on any atom is -0.477 e. The van der Waals surface area contributed by atoms with Crippen LogP contribution in [0.25, 0.3) is 0 Å². The number of nitrogens with one attached hydrogen (secondary N) is 1. The van der Waals surface area contributed by atoms with Crippen LogP contribution >= 0.6 is 0 Å². The molecule has 0 saturated carbocycles. The minimum absolute atomic E-state index is 0.0110. The molecule has 1 aromatic heterocycles. The quantitative estimate of drug-likeness (QED) is 0.806. The molecule has 1 aromatic rings. The van der Waals surface area contributed by atoms with E-state index >= 15 is 0 Å². The Morgan fingerprint density at radius 2 is 2.19 bits per heavy atom. The Hall–Kier alpha value is -2.44. The summed E-state index contributed by atoms with van der Waals surface area (Å²) >= 11 is 0. The van der Waals surface area contributed by atoms with E-state index in [1.807, 2.05) is 0 Å². The number of aromatic carboxylic acids is 1. The third-order valence-electron chi connectivity index (χ3n) is 4.09. The second-order valence-corrected chi connectivity index (χ2v) is 5.30. The van der Waals surface area contributed by atoms with Crippen molar-refractivity contribution >= 4 is 17.8 Å². The van der Waals surface area contributed by atoms with Gasteiger partial charge in [0, 0.05) is 19.3 Å². The smallest absolute Gasteiger partial charge is 0.354 e. The van der Waals surface area contributed by atoms with Crippen LogP contribution in [0.1, 0.15) is 33.7 Å². The lowest BCUT2D eigenvalue weighted by Crippen LogP contribution is -2.48. The summed E-state index contributed by atoms with van der Waals surface area (Å²) in [5.74, 6) is -1.45. The van der Waals surface area contributed by atoms with Crippen molar-refractivity contribution in [2.45, 2.75) is 18.9 Å². The molecule has 0 aliphatic carbocycles. The molecule has 3 rings (SSSR count). The molecular formula is C14H15N3O4. The van der Waals surface area contributed by atoms with Gasteiger partial charge < -0.3 is 15.3 Å². The van der Waals surface area contributed by atoms with Crippen molar-refractivity contribution in [3.8, 4) is 0 Å². The molecule has 2 aliphatic heterocycles. The predicted molar refractivity (Wildman–Crippen MR) is 71.8 cm³/mol. The summed E-state index contributed by atoms with van der Waals surface area (Å²) < 4.78 is 0. The maximum atomic E-state index is 12.5. The molecule has 0 bridgehead atoms. The van der Waals surface area contributed by atoms with Gasteiger partial charge in [-0.25, -0.2) is 9.78 Å². The molecule has 2 saturated heterocycles. The Kier molecular flexibility index (Phi) is 3.32. The summed E-state index contributed by atoms with van der Waals surface area (Å²) in [6, 6.07) is 2.67. The van der Waals surface area contributed by atoms with Gasteiger partial charge in [-0.2, -0.15) is 0 Å². The number of carboxylic acid groups (broad SMARTS) is 1. The molecule has 0 spiro atoms. The Balaban J connectivity index is 1.81. The number of fused-ring (bicyclic) bond motifs is 1. The maximum Gasteiger partial charge on any atom is 0.354 e. The van der Waals surface area contributed by atoms with Crippen LogP contribution in [0.4, 0.5) is 0 Å². The van der Waals surface area contributed by atoms with Gasteiger partial charge in [-0.15, -0.1) is 0 Å². The minimum atomic E-state index is -1.13. The van der Waals surface area contributed by atoms with Crippen LogP contribution in [0.2, 0.25) is 0 Å². The van der Waals surface area contributed by atoms with Gasteiger partial charge in [0.05, 0.1) is 17.5 Å². The lowest BCUT2D eigenvalue weighted by Gasteiger charge is -2.35. The summed E-state index contributed by atoms with van der Waals surface area (Å²) in [5.41, 5.74) is 0.251. The van der Waals surface area contributed by atoms with E-state index < -0.39 is 5.97 Å². The number of hydrogen-bond acceptors (Lipinski definition) is 4. The molecule has 2 amide bonds. The van der Waals surface area contributed by atoms with E-state index in [9.17, 15) is 14.4 Å². The molecule has 21 heavy (non-hydrogen) atoms. The van der Waals surface area contributed by atoms with Gasteiger partial charge >= 0.3 is 5.97 Å². The fourth-order valence-corrected chi connectivity index (χ4v) is 3.02. The fourth-order valence-electron chi connectivity index (χ4n) is 3.02. The van der Waals surface area contributed by atoms with Gasteiger partial charge in [-0.3, -0.25) is 9.59 Å². The van der Waals surface area contributed by atoms with E-state index in [0.717, 1.165) is 12.8 Å². The van der Waals surface area contributed by atoms with Crippen molar-refractivity contribution in [1.29, 1.82) is 0 Å². The molecule has 3 heterocycles. The third kappa shape index (κ3) is 2.35. The van der Waals surface area contributed by atoms with E-state index in [0.29, 0.717) is 18.7 Å². The highest BCUT2D eigenvalue weighted by molar-refractivity contribution is 5.96. The van der Waals surface area contributed by atoms with Crippen molar-refractivity contribution in [2.75, 3.05) is 13.1 Å². The highest BCUT2D eigenvalue weighted by Crippen LogP contribution is 2.28. The van der Waals surface area contributed by atoms with Crippen molar-refractivity contribution in [3.63, 3.8) is 0 Å². The molecule has 0 aromatic carbocycles. The first-order valence-corrected chi connectivity index (χ1v) is 6.86. The number of carboxylic acids is 1. The van der Waals surface area contributed by atoms with Crippen LogP contribution in [-0.4, -0.2) is 51.9 Å². The Labute approximate surface area is 121 Å². The SMILES string of the molecule is O=C(O)c1ccc(C(=O)N2CCCC3C(=O)NCC32)cn1. The van der Waals surface area contributed by atoms with Gasteiger partial charge in [0.2, 0.25) is 5.91 Å². The zero-order valence-electron chi connectivity index (χ0n) is 11.3. The number of aromatic nitrogens is 1. The van der Waals surface area contributed by atoms with Crippen LogP contribution in [0, 0.1) is 5.92 Å². The van der Waals surface area contributed by atoms with Gasteiger partial charge in [-0.1, -0.05) is 0 Å². The molecule has 7 heteroatoms. The molecule has 2 atom stereocenters. The number of likely N-dealkylation sites (tertiary alicyclic amines) is 1. The monoisotopic (exact) mass is 289 g/mol. The number of piperidine rings is 1. The Bertz CT molecular complexity index is 599. The van der Waals surface area contributed by atoms with E-state index in [4.69, 9.17) is 5.11 Å². The number of carbonyl (C=O) groups is 3.